The molecule has 1 N–H and O–H groups in total. The van der Waals surface area contributed by atoms with Crippen molar-refractivity contribution >= 4 is 22.5 Å². The smallest absolute Gasteiger partial charge is 0.266 e. The Bertz CT molecular complexity index is 1340. The third-order valence-corrected chi connectivity index (χ3v) is 5.05. The molecule has 0 fully saturated rings. The van der Waals surface area contributed by atoms with Gasteiger partial charge in [-0.2, -0.15) is 5.26 Å². The lowest BCUT2D eigenvalue weighted by Gasteiger charge is -2.11. The van der Waals surface area contributed by atoms with Gasteiger partial charge in [0.15, 0.2) is 0 Å². The first kappa shape index (κ1) is 18.7. The zero-order chi connectivity index (χ0) is 20.5. The Morgan fingerprint density at radius 2 is 1.83 bits per heavy atom. The van der Waals surface area contributed by atoms with Crippen molar-refractivity contribution in [2.45, 2.75) is 6.92 Å². The lowest BCUT2D eigenvalue weighted by molar-refractivity contribution is 0.415. The summed E-state index contributed by atoms with van der Waals surface area (Å²) in [5.74, 6) is 0.710. The van der Waals surface area contributed by atoms with E-state index >= 15 is 0 Å². The Morgan fingerprint density at radius 3 is 2.52 bits per heavy atom. The van der Waals surface area contributed by atoms with Gasteiger partial charge in [0.2, 0.25) is 0 Å². The molecule has 0 atom stereocenters. The molecule has 29 heavy (non-hydrogen) atoms. The van der Waals surface area contributed by atoms with Crippen LogP contribution in [0, 0.1) is 18.3 Å². The van der Waals surface area contributed by atoms with Gasteiger partial charge in [0.1, 0.15) is 22.5 Å². The van der Waals surface area contributed by atoms with Crippen LogP contribution in [0.5, 0.6) is 5.75 Å². The van der Waals surface area contributed by atoms with E-state index in [1.807, 2.05) is 49.4 Å². The molecule has 0 radical (unpaired) electrons. The maximum absolute atomic E-state index is 12.6. The number of H-pyrrole nitrogens is 1. The van der Waals surface area contributed by atoms with E-state index in [1.165, 1.54) is 0 Å². The van der Waals surface area contributed by atoms with Crippen molar-refractivity contribution in [2.24, 2.45) is 0 Å². The zero-order valence-corrected chi connectivity index (χ0v) is 16.5. The second-order valence-corrected chi connectivity index (χ2v) is 7.02. The van der Waals surface area contributed by atoms with Gasteiger partial charge >= 0.3 is 0 Å². The maximum Gasteiger partial charge on any atom is 0.266 e. The van der Waals surface area contributed by atoms with Gasteiger partial charge in [0, 0.05) is 22.2 Å². The number of aryl methyl sites for hydroxylation is 1. The molecule has 4 aromatic rings. The summed E-state index contributed by atoms with van der Waals surface area (Å²) in [4.78, 5) is 19.8. The first-order valence-corrected chi connectivity index (χ1v) is 9.27. The van der Waals surface area contributed by atoms with Gasteiger partial charge in [-0.05, 0) is 61.0 Å². The van der Waals surface area contributed by atoms with Gasteiger partial charge in [0.25, 0.3) is 5.56 Å². The summed E-state index contributed by atoms with van der Waals surface area (Å²) in [7, 11) is 1.59. The maximum atomic E-state index is 12.6. The van der Waals surface area contributed by atoms with E-state index in [1.54, 1.807) is 25.3 Å². The van der Waals surface area contributed by atoms with Crippen LogP contribution in [0.1, 0.15) is 11.1 Å². The van der Waals surface area contributed by atoms with Crippen LogP contribution in [0.3, 0.4) is 0 Å². The second-order valence-electron chi connectivity index (χ2n) is 6.66. The number of fused-ring (bicyclic) bond motifs is 1. The highest BCUT2D eigenvalue weighted by molar-refractivity contribution is 6.32. The summed E-state index contributed by atoms with van der Waals surface area (Å²) < 4.78 is 5.18. The van der Waals surface area contributed by atoms with Crippen LogP contribution in [0.15, 0.2) is 59.4 Å². The molecule has 0 aliphatic rings. The molecule has 2 heterocycles. The molecule has 0 bridgehead atoms. The molecule has 2 aromatic heterocycles. The average molecular weight is 402 g/mol. The minimum Gasteiger partial charge on any atom is -0.497 e. The van der Waals surface area contributed by atoms with Crippen molar-refractivity contribution in [1.29, 1.82) is 5.26 Å². The van der Waals surface area contributed by atoms with Crippen molar-refractivity contribution in [3.05, 3.63) is 81.2 Å². The van der Waals surface area contributed by atoms with Crippen LogP contribution in [-0.2, 0) is 0 Å². The largest absolute Gasteiger partial charge is 0.497 e. The number of aromatic nitrogens is 2. The second kappa shape index (κ2) is 7.42. The normalized spacial score (nSPS) is 10.7. The van der Waals surface area contributed by atoms with Crippen LogP contribution in [0.2, 0.25) is 5.15 Å². The van der Waals surface area contributed by atoms with Gasteiger partial charge in [-0.3, -0.25) is 4.79 Å². The minimum absolute atomic E-state index is 0.00188. The summed E-state index contributed by atoms with van der Waals surface area (Å²) in [6.07, 6.45) is 0. The van der Waals surface area contributed by atoms with Crippen molar-refractivity contribution in [2.75, 3.05) is 7.11 Å². The Kier molecular flexibility index (Phi) is 4.79. The number of methoxy groups -OCH3 is 1. The Balaban J connectivity index is 1.96. The SMILES string of the molecule is COc1ccc(-c2cc(-c3cc4cc(C)ccc4nc3Cl)c(C#N)c(=O)[nH]2)cc1. The molecule has 5 nitrogen and oxygen atoms in total. The summed E-state index contributed by atoms with van der Waals surface area (Å²) in [6, 6.07) is 18.7. The van der Waals surface area contributed by atoms with E-state index in [-0.39, 0.29) is 10.7 Å². The highest BCUT2D eigenvalue weighted by Gasteiger charge is 2.16. The fourth-order valence-electron chi connectivity index (χ4n) is 3.27. The van der Waals surface area contributed by atoms with Crippen molar-refractivity contribution in [1.82, 2.24) is 9.97 Å². The average Bonchev–Trinajstić information content (AvgIpc) is 2.73. The number of pyridine rings is 2. The molecule has 0 saturated carbocycles. The number of nitriles is 1. The molecule has 0 saturated heterocycles. The Hall–Kier alpha value is -3.62. The molecule has 0 unspecified atom stereocenters. The first-order valence-electron chi connectivity index (χ1n) is 8.89. The first-order chi connectivity index (χ1) is 14.0. The molecule has 0 aliphatic carbocycles. The van der Waals surface area contributed by atoms with E-state index in [4.69, 9.17) is 16.3 Å². The molecule has 0 amide bonds. The van der Waals surface area contributed by atoms with Crippen molar-refractivity contribution < 1.29 is 4.74 Å². The van der Waals surface area contributed by atoms with Crippen LogP contribution >= 0.6 is 11.6 Å². The van der Waals surface area contributed by atoms with Gasteiger partial charge in [-0.15, -0.1) is 0 Å². The summed E-state index contributed by atoms with van der Waals surface area (Å²) in [5, 5.41) is 10.7. The number of aromatic amines is 1. The van der Waals surface area contributed by atoms with E-state index in [0.717, 1.165) is 22.0 Å². The van der Waals surface area contributed by atoms with Gasteiger partial charge < -0.3 is 9.72 Å². The van der Waals surface area contributed by atoms with Gasteiger partial charge in [-0.1, -0.05) is 23.2 Å². The van der Waals surface area contributed by atoms with Crippen molar-refractivity contribution in [3.63, 3.8) is 0 Å². The quantitative estimate of drug-likeness (QED) is 0.484. The highest BCUT2D eigenvalue weighted by Crippen LogP contribution is 2.33. The monoisotopic (exact) mass is 401 g/mol. The van der Waals surface area contributed by atoms with E-state index in [2.05, 4.69) is 9.97 Å². The highest BCUT2D eigenvalue weighted by atomic mass is 35.5. The molecule has 6 heteroatoms. The number of nitrogens with one attached hydrogen (secondary N) is 1. The third kappa shape index (κ3) is 3.46. The number of ether oxygens (including phenoxy) is 1. The fraction of sp³-hybridized carbons (Fsp3) is 0.0870. The van der Waals surface area contributed by atoms with Gasteiger partial charge in [0.05, 0.1) is 12.6 Å². The number of nitrogens with zero attached hydrogens (tertiary/aromatic N) is 2. The van der Waals surface area contributed by atoms with Crippen LogP contribution in [0.25, 0.3) is 33.3 Å². The molecule has 0 aliphatic heterocycles. The minimum atomic E-state index is -0.476. The molecular formula is C23H16ClN3O2. The van der Waals surface area contributed by atoms with E-state index in [0.29, 0.717) is 22.6 Å². The number of hydrogen-bond donors (Lipinski definition) is 1. The third-order valence-electron chi connectivity index (χ3n) is 4.76. The summed E-state index contributed by atoms with van der Waals surface area (Å²) in [6.45, 7) is 1.99. The Morgan fingerprint density at radius 1 is 1.07 bits per heavy atom. The Labute approximate surface area is 172 Å². The molecule has 2 aromatic carbocycles. The number of benzene rings is 2. The predicted octanol–water partition coefficient (Wildman–Crippen LogP) is 5.10. The number of halogens is 1. The van der Waals surface area contributed by atoms with E-state index < -0.39 is 5.56 Å². The van der Waals surface area contributed by atoms with E-state index in [9.17, 15) is 10.1 Å². The van der Waals surface area contributed by atoms with Gasteiger partial charge in [-0.25, -0.2) is 4.98 Å². The summed E-state index contributed by atoms with van der Waals surface area (Å²) >= 11 is 6.45. The molecule has 0 spiro atoms. The summed E-state index contributed by atoms with van der Waals surface area (Å²) in [5.41, 5.74) is 3.71. The number of rotatable bonds is 3. The van der Waals surface area contributed by atoms with Crippen LogP contribution < -0.4 is 10.3 Å². The number of hydrogen-bond acceptors (Lipinski definition) is 4. The topological polar surface area (TPSA) is 78.8 Å². The van der Waals surface area contributed by atoms with Crippen LogP contribution in [0.4, 0.5) is 0 Å². The van der Waals surface area contributed by atoms with Crippen molar-refractivity contribution in [3.8, 4) is 34.2 Å². The standard InChI is InChI=1S/C23H16ClN3O2/c1-13-3-8-20-15(9-13)10-18(22(24)26-20)17-11-21(27-23(28)19(17)12-25)14-4-6-16(29-2)7-5-14/h3-11H,1-2H3,(H,27,28). The fourth-order valence-corrected chi connectivity index (χ4v) is 3.52. The predicted molar refractivity (Wildman–Crippen MR) is 114 cm³/mol. The molecule has 142 valence electrons. The van der Waals surface area contributed by atoms with Crippen LogP contribution in [-0.4, -0.2) is 17.1 Å². The lowest BCUT2D eigenvalue weighted by Crippen LogP contribution is -2.13. The zero-order valence-electron chi connectivity index (χ0n) is 15.8. The molecular weight excluding hydrogens is 386 g/mol. The molecule has 4 rings (SSSR count). The lowest BCUT2D eigenvalue weighted by atomic mass is 9.98.